The van der Waals surface area contributed by atoms with Crippen LogP contribution in [0, 0.1) is 36.0 Å². The van der Waals surface area contributed by atoms with E-state index in [1.807, 2.05) is 72.8 Å². The monoisotopic (exact) mass is 387 g/mol. The molecule has 0 radical (unpaired) electrons. The molecule has 4 heteroatoms. The molecule has 3 aromatic rings. The van der Waals surface area contributed by atoms with Crippen LogP contribution in [0.5, 0.6) is 0 Å². The Morgan fingerprint density at radius 1 is 0.733 bits per heavy atom. The fourth-order valence-electron chi connectivity index (χ4n) is 2.72. The third kappa shape index (κ3) is 4.55. The molecule has 30 heavy (non-hydrogen) atoms. The summed E-state index contributed by atoms with van der Waals surface area (Å²) < 4.78 is 0. The van der Waals surface area contributed by atoms with Crippen LogP contribution < -0.4 is 10.6 Å². The molecule has 0 fully saturated rings. The Morgan fingerprint density at radius 3 is 1.80 bits per heavy atom. The van der Waals surface area contributed by atoms with Crippen molar-refractivity contribution in [3.63, 3.8) is 0 Å². The van der Waals surface area contributed by atoms with Crippen LogP contribution >= 0.6 is 0 Å². The van der Waals surface area contributed by atoms with Crippen molar-refractivity contribution in [1.29, 1.82) is 0 Å². The Balaban J connectivity index is 1.50. The second-order valence-corrected chi connectivity index (χ2v) is 6.33. The number of aliphatic hydroxyl groups excluding tert-OH is 1. The number of anilines is 1. The molecule has 1 aliphatic heterocycles. The molecule has 0 bridgehead atoms. The topological polar surface area (TPSA) is 44.7 Å². The fourth-order valence-corrected chi connectivity index (χ4v) is 2.72. The summed E-state index contributed by atoms with van der Waals surface area (Å²) >= 11 is 0. The van der Waals surface area contributed by atoms with Crippen LogP contribution in [0.15, 0.2) is 84.9 Å². The first-order valence-corrected chi connectivity index (χ1v) is 9.10. The number of hydrazine groups is 1. The van der Waals surface area contributed by atoms with Crippen molar-refractivity contribution in [2.45, 2.75) is 0 Å². The van der Waals surface area contributed by atoms with Crippen molar-refractivity contribution in [3.8, 4) is 29.6 Å². The van der Waals surface area contributed by atoms with Gasteiger partial charge in [0.15, 0.2) is 0 Å². The molecule has 0 amide bonds. The first-order chi connectivity index (χ1) is 14.7. The van der Waals surface area contributed by atoms with Crippen LogP contribution in [0.3, 0.4) is 0 Å². The van der Waals surface area contributed by atoms with E-state index in [1.165, 1.54) is 6.20 Å². The van der Waals surface area contributed by atoms with Gasteiger partial charge in [0.05, 0.1) is 11.3 Å². The van der Waals surface area contributed by atoms with E-state index in [9.17, 15) is 5.11 Å². The van der Waals surface area contributed by atoms with Crippen LogP contribution in [0.2, 0.25) is 0 Å². The van der Waals surface area contributed by atoms with Crippen LogP contribution in [0.4, 0.5) is 5.69 Å². The molecular formula is C26H15N2O2+. The van der Waals surface area contributed by atoms with Gasteiger partial charge in [-0.15, -0.1) is 0 Å². The zero-order chi connectivity index (χ0) is 20.8. The second kappa shape index (κ2) is 8.78. The fraction of sp³-hybridized carbons (Fsp3) is 0. The van der Waals surface area contributed by atoms with Crippen molar-refractivity contribution in [1.82, 2.24) is 5.59 Å². The molecule has 1 heterocycles. The quantitative estimate of drug-likeness (QED) is 0.489. The average molecular weight is 387 g/mol. The van der Waals surface area contributed by atoms with Crippen molar-refractivity contribution in [3.05, 3.63) is 119 Å². The summed E-state index contributed by atoms with van der Waals surface area (Å²) in [6, 6.07) is 22.6. The van der Waals surface area contributed by atoms with Crippen molar-refractivity contribution in [2.24, 2.45) is 0 Å². The number of rotatable bonds is 1. The molecule has 0 saturated heterocycles. The van der Waals surface area contributed by atoms with E-state index in [-0.39, 0.29) is 5.95 Å². The van der Waals surface area contributed by atoms with Crippen LogP contribution in [-0.4, -0.2) is 5.11 Å². The van der Waals surface area contributed by atoms with Crippen molar-refractivity contribution < 1.29 is 9.94 Å². The molecule has 3 aromatic carbocycles. The zero-order valence-electron chi connectivity index (χ0n) is 15.8. The molecule has 2 N–H and O–H groups in total. The summed E-state index contributed by atoms with van der Waals surface area (Å²) in [5.41, 5.74) is 7.52. The summed E-state index contributed by atoms with van der Waals surface area (Å²) in [7, 11) is 0. The molecule has 4 nitrogen and oxygen atoms in total. The van der Waals surface area contributed by atoms with Gasteiger partial charge in [0, 0.05) is 0 Å². The van der Waals surface area contributed by atoms with Crippen LogP contribution in [0.25, 0.3) is 0 Å². The van der Waals surface area contributed by atoms with Crippen molar-refractivity contribution in [2.75, 3.05) is 5.01 Å². The van der Waals surface area contributed by atoms with E-state index >= 15 is 0 Å². The van der Waals surface area contributed by atoms with Crippen LogP contribution in [-0.2, 0) is 4.84 Å². The van der Waals surface area contributed by atoms with Gasteiger partial charge >= 0.3 is 107 Å². The molecule has 0 spiro atoms. The molecule has 140 valence electrons. The minimum atomic E-state index is -0.210. The number of hydrogen-bond acceptors (Lipinski definition) is 4. The Hall–Kier alpha value is -4.34. The standard InChI is InChI=1S/C26H14N2O2/c1-2-20-7-9-21(10-8-20)11-12-22-13-15-23(16-14-22)17-18-24-5-3-4-6-25(24)28-19-26(29)30-27-28/h3-10,13-16,19,27H/p+1. The molecule has 4 rings (SSSR count). The summed E-state index contributed by atoms with van der Waals surface area (Å²) in [4.78, 5) is 4.84. The number of para-hydroxylation sites is 1. The first-order valence-electron chi connectivity index (χ1n) is 9.10. The predicted molar refractivity (Wildman–Crippen MR) is 115 cm³/mol. The normalized spacial score (nSPS) is 11.9. The van der Waals surface area contributed by atoms with Crippen LogP contribution in [0.1, 0.15) is 27.8 Å². The van der Waals surface area contributed by atoms with E-state index in [0.29, 0.717) is 0 Å². The maximum absolute atomic E-state index is 9.40. The maximum atomic E-state index is 9.40. The number of aliphatic hydroxyl groups is 1. The Bertz CT molecular complexity index is 1260. The molecular weight excluding hydrogens is 372 g/mol. The number of nitrogens with one attached hydrogen (secondary N) is 1. The average Bonchev–Trinajstić information content (AvgIpc) is 3.23. The van der Waals surface area contributed by atoms with Gasteiger partial charge in [-0.2, -0.15) is 0 Å². The Kier molecular flexibility index (Phi) is 5.56. The Labute approximate surface area is 175 Å². The summed E-state index contributed by atoms with van der Waals surface area (Å²) in [6.45, 7) is 0. The van der Waals surface area contributed by atoms with Gasteiger partial charge in [-0.05, 0) is 12.1 Å². The molecule has 0 saturated carbocycles. The van der Waals surface area contributed by atoms with Gasteiger partial charge < -0.3 is 9.94 Å². The van der Waals surface area contributed by atoms with Gasteiger partial charge in [0.25, 0.3) is 0 Å². The number of hydrogen-bond donors (Lipinski definition) is 2. The second-order valence-electron chi connectivity index (χ2n) is 6.33. The zero-order valence-corrected chi connectivity index (χ0v) is 15.8. The third-order valence-corrected chi connectivity index (χ3v) is 4.26. The Morgan fingerprint density at radius 2 is 1.27 bits per heavy atom. The van der Waals surface area contributed by atoms with E-state index in [0.717, 1.165) is 33.5 Å². The van der Waals surface area contributed by atoms with Gasteiger partial charge in [0.1, 0.15) is 6.20 Å². The van der Waals surface area contributed by atoms with E-state index in [1.54, 1.807) is 5.01 Å². The number of benzene rings is 3. The van der Waals surface area contributed by atoms with E-state index in [4.69, 9.17) is 11.3 Å². The van der Waals surface area contributed by atoms with E-state index < -0.39 is 0 Å². The van der Waals surface area contributed by atoms with Gasteiger partial charge in [0.2, 0.25) is 0 Å². The van der Waals surface area contributed by atoms with Gasteiger partial charge in [-0.3, -0.25) is 0 Å². The minimum absolute atomic E-state index is 0.210. The molecule has 0 aromatic heterocycles. The predicted octanol–water partition coefficient (Wildman–Crippen LogP) is 4.04. The third-order valence-electron chi connectivity index (χ3n) is 4.26. The molecule has 1 aliphatic rings. The first kappa shape index (κ1) is 19.0. The van der Waals surface area contributed by atoms with Gasteiger partial charge in [-0.25, -0.2) is 5.01 Å². The molecule has 0 aliphatic carbocycles. The summed E-state index contributed by atoms with van der Waals surface area (Å²) in [5.74, 6) is 14.7. The molecule has 0 unspecified atom stereocenters. The number of nitrogens with zero attached hydrogens (tertiary/aromatic N) is 1. The van der Waals surface area contributed by atoms with Crippen molar-refractivity contribution >= 4 is 5.69 Å². The summed E-state index contributed by atoms with van der Waals surface area (Å²) in [6.07, 6.45) is 8.54. The van der Waals surface area contributed by atoms with E-state index in [2.05, 4.69) is 35.2 Å². The summed E-state index contributed by atoms with van der Waals surface area (Å²) in [5, 5.41) is 11.0. The SMILES string of the molecule is [C+]#Cc1ccc(C#Cc2ccc(C#Cc3ccccc3N3C=C(O)ON3)cc2)cc1. The molecule has 0 atom stereocenters. The van der Waals surface area contributed by atoms with Gasteiger partial charge in [-0.1, -0.05) is 23.6 Å².